The molecule has 0 amide bonds. The summed E-state index contributed by atoms with van der Waals surface area (Å²) in [7, 11) is 0. The fraction of sp³-hybridized carbons (Fsp3) is 0.906. The van der Waals surface area contributed by atoms with Crippen LogP contribution in [0.15, 0.2) is 12.4 Å². The van der Waals surface area contributed by atoms with Gasteiger partial charge >= 0.3 is 0 Å². The molecular formula is C32H63N2+. The largest absolute Gasteiger partial charge is 0.256 e. The zero-order chi connectivity index (χ0) is 24.5. The Morgan fingerprint density at radius 3 is 1.41 bits per heavy atom. The minimum atomic E-state index is 1.22. The lowest BCUT2D eigenvalue weighted by Gasteiger charge is -2.07. The highest BCUT2D eigenvalue weighted by atomic mass is 15.1. The number of unbranched alkanes of at least 4 members (excludes halogenated alkanes) is 20. The molecule has 0 bridgehead atoms. The van der Waals surface area contributed by atoms with Gasteiger partial charge in [0.1, 0.15) is 12.4 Å². The van der Waals surface area contributed by atoms with Crippen LogP contribution in [0.4, 0.5) is 0 Å². The maximum atomic E-state index is 2.60. The molecule has 0 aliphatic carbocycles. The Bertz CT molecular complexity index is 533. The molecule has 0 aliphatic rings. The van der Waals surface area contributed by atoms with Gasteiger partial charge in [-0.25, -0.2) is 9.13 Å². The molecule has 0 saturated carbocycles. The third-order valence-electron chi connectivity index (χ3n) is 7.60. The van der Waals surface area contributed by atoms with E-state index in [2.05, 4.69) is 42.3 Å². The van der Waals surface area contributed by atoms with Gasteiger partial charge in [-0.05, 0) is 32.1 Å². The summed E-state index contributed by atoms with van der Waals surface area (Å²) in [6, 6.07) is 0. The molecule has 1 aromatic rings. The summed E-state index contributed by atoms with van der Waals surface area (Å²) in [4.78, 5) is 0. The first kappa shape index (κ1) is 31.2. The molecule has 200 valence electrons. The van der Waals surface area contributed by atoms with Crippen molar-refractivity contribution in [3.63, 3.8) is 0 Å². The second-order valence-electron chi connectivity index (χ2n) is 10.9. The van der Waals surface area contributed by atoms with Crippen molar-refractivity contribution in [1.82, 2.24) is 4.57 Å². The maximum Gasteiger partial charge on any atom is 0.256 e. The average Bonchev–Trinajstić information content (AvgIpc) is 3.23. The molecule has 1 rings (SSSR count). The van der Waals surface area contributed by atoms with Gasteiger partial charge in [0, 0.05) is 6.42 Å². The van der Waals surface area contributed by atoms with Crippen LogP contribution in [-0.2, 0) is 19.5 Å². The van der Waals surface area contributed by atoms with Crippen LogP contribution in [0.25, 0.3) is 0 Å². The van der Waals surface area contributed by atoms with Gasteiger partial charge in [-0.3, -0.25) is 0 Å². The lowest BCUT2D eigenvalue weighted by molar-refractivity contribution is -0.704. The van der Waals surface area contributed by atoms with Gasteiger partial charge in [0.2, 0.25) is 0 Å². The van der Waals surface area contributed by atoms with Crippen molar-refractivity contribution in [2.75, 3.05) is 0 Å². The molecule has 2 heteroatoms. The number of rotatable bonds is 26. The van der Waals surface area contributed by atoms with Crippen LogP contribution in [0.2, 0.25) is 0 Å². The first-order chi connectivity index (χ1) is 16.8. The summed E-state index contributed by atoms with van der Waals surface area (Å²) in [6.07, 6.45) is 38.5. The quantitative estimate of drug-likeness (QED) is 0.0930. The fourth-order valence-electron chi connectivity index (χ4n) is 5.26. The molecule has 0 radical (unpaired) electrons. The minimum absolute atomic E-state index is 1.22. The van der Waals surface area contributed by atoms with E-state index >= 15 is 0 Å². The van der Waals surface area contributed by atoms with Gasteiger partial charge in [0.15, 0.2) is 0 Å². The van der Waals surface area contributed by atoms with Crippen LogP contribution in [-0.4, -0.2) is 4.57 Å². The monoisotopic (exact) mass is 475 g/mol. The lowest BCUT2D eigenvalue weighted by atomic mass is 10.0. The standard InChI is InChI=1S/C32H63N2/c1-4-7-10-13-15-16-17-18-19-20-21-23-26-29-34-31-30-33(28-25-22-14-11-8-5-2)32(34)27-24-12-9-6-3/h30-31H,4-29H2,1-3H3/q+1. The van der Waals surface area contributed by atoms with Crippen LogP contribution in [0.5, 0.6) is 0 Å². The molecule has 0 fully saturated rings. The highest BCUT2D eigenvalue weighted by molar-refractivity contribution is 4.84. The van der Waals surface area contributed by atoms with Crippen molar-refractivity contribution in [3.8, 4) is 0 Å². The summed E-state index contributed by atoms with van der Waals surface area (Å²) in [5.41, 5.74) is 0. The zero-order valence-corrected chi connectivity index (χ0v) is 23.9. The fourth-order valence-corrected chi connectivity index (χ4v) is 5.26. The second-order valence-corrected chi connectivity index (χ2v) is 10.9. The predicted molar refractivity (Wildman–Crippen MR) is 152 cm³/mol. The third-order valence-corrected chi connectivity index (χ3v) is 7.60. The number of hydrogen-bond acceptors (Lipinski definition) is 0. The Morgan fingerprint density at radius 2 is 0.912 bits per heavy atom. The van der Waals surface area contributed by atoms with Crippen molar-refractivity contribution < 1.29 is 4.57 Å². The molecule has 1 aromatic heterocycles. The molecular weight excluding hydrogens is 412 g/mol. The number of imidazole rings is 1. The molecule has 0 spiro atoms. The molecule has 34 heavy (non-hydrogen) atoms. The highest BCUT2D eigenvalue weighted by Crippen LogP contribution is 2.13. The SMILES string of the molecule is CCCCCCCCCCCCCCC[n+]1ccn(CCCCCCCC)c1CCCCCC. The first-order valence-electron chi connectivity index (χ1n) is 15.9. The van der Waals surface area contributed by atoms with E-state index in [4.69, 9.17) is 0 Å². The van der Waals surface area contributed by atoms with Gasteiger partial charge in [-0.1, -0.05) is 136 Å². The van der Waals surface area contributed by atoms with E-state index in [9.17, 15) is 0 Å². The van der Waals surface area contributed by atoms with E-state index in [1.54, 1.807) is 5.82 Å². The molecule has 0 aromatic carbocycles. The Balaban J connectivity index is 2.22. The van der Waals surface area contributed by atoms with Crippen LogP contribution >= 0.6 is 0 Å². The summed E-state index contributed by atoms with van der Waals surface area (Å²) >= 11 is 0. The molecule has 2 nitrogen and oxygen atoms in total. The van der Waals surface area contributed by atoms with Gasteiger partial charge < -0.3 is 0 Å². The predicted octanol–water partition coefficient (Wildman–Crippen LogP) is 10.4. The summed E-state index contributed by atoms with van der Waals surface area (Å²) < 4.78 is 5.19. The van der Waals surface area contributed by atoms with E-state index < -0.39 is 0 Å². The van der Waals surface area contributed by atoms with Crippen molar-refractivity contribution >= 4 is 0 Å². The number of aromatic nitrogens is 2. The Kier molecular flexibility index (Phi) is 22.0. The van der Waals surface area contributed by atoms with Gasteiger partial charge in [0.05, 0.1) is 13.1 Å². The Hall–Kier alpha value is -0.790. The summed E-state index contributed by atoms with van der Waals surface area (Å²) in [5, 5.41) is 0. The topological polar surface area (TPSA) is 8.81 Å². The van der Waals surface area contributed by atoms with Gasteiger partial charge in [0.25, 0.3) is 5.82 Å². The van der Waals surface area contributed by atoms with Gasteiger partial charge in [-0.2, -0.15) is 0 Å². The molecule has 0 saturated heterocycles. The molecule has 0 unspecified atom stereocenters. The molecule has 0 aliphatic heterocycles. The van der Waals surface area contributed by atoms with E-state index in [-0.39, 0.29) is 0 Å². The minimum Gasteiger partial charge on any atom is -0.234 e. The summed E-state index contributed by atoms with van der Waals surface area (Å²) in [5.74, 6) is 1.60. The second kappa shape index (κ2) is 23.9. The van der Waals surface area contributed by atoms with E-state index in [0.717, 1.165) is 0 Å². The van der Waals surface area contributed by atoms with Crippen LogP contribution < -0.4 is 4.57 Å². The van der Waals surface area contributed by atoms with Gasteiger partial charge in [-0.15, -0.1) is 0 Å². The molecule has 0 N–H and O–H groups in total. The Morgan fingerprint density at radius 1 is 0.500 bits per heavy atom. The smallest absolute Gasteiger partial charge is 0.234 e. The van der Waals surface area contributed by atoms with Crippen molar-refractivity contribution in [2.24, 2.45) is 0 Å². The van der Waals surface area contributed by atoms with Crippen molar-refractivity contribution in [3.05, 3.63) is 18.2 Å². The maximum absolute atomic E-state index is 2.60. The zero-order valence-electron chi connectivity index (χ0n) is 23.9. The third kappa shape index (κ3) is 16.8. The Labute approximate surface area is 215 Å². The van der Waals surface area contributed by atoms with Crippen molar-refractivity contribution in [2.45, 2.75) is 188 Å². The average molecular weight is 476 g/mol. The van der Waals surface area contributed by atoms with E-state index in [1.807, 2.05) is 0 Å². The molecule has 1 heterocycles. The number of hydrogen-bond donors (Lipinski definition) is 0. The number of aryl methyl sites for hydroxylation is 2. The summed E-state index contributed by atoms with van der Waals surface area (Å²) in [6.45, 7) is 9.38. The molecule has 0 atom stereocenters. The lowest BCUT2D eigenvalue weighted by Crippen LogP contribution is -2.37. The van der Waals surface area contributed by atoms with E-state index in [1.165, 1.54) is 167 Å². The first-order valence-corrected chi connectivity index (χ1v) is 15.9. The van der Waals surface area contributed by atoms with Crippen molar-refractivity contribution in [1.29, 1.82) is 0 Å². The highest BCUT2D eigenvalue weighted by Gasteiger charge is 2.16. The van der Waals surface area contributed by atoms with Crippen LogP contribution in [0.3, 0.4) is 0 Å². The van der Waals surface area contributed by atoms with Crippen LogP contribution in [0.1, 0.15) is 174 Å². The normalized spacial score (nSPS) is 11.5. The van der Waals surface area contributed by atoms with E-state index in [0.29, 0.717) is 0 Å². The number of nitrogens with zero attached hydrogens (tertiary/aromatic N) is 2. The van der Waals surface area contributed by atoms with Crippen LogP contribution in [0, 0.1) is 0 Å².